The van der Waals surface area contributed by atoms with E-state index in [0.717, 1.165) is 11.7 Å². The molecule has 0 saturated carbocycles. The molecule has 8 heteroatoms. The van der Waals surface area contributed by atoms with E-state index < -0.39 is 37.5 Å². The molecule has 228 valence electrons. The summed E-state index contributed by atoms with van der Waals surface area (Å²) >= 11 is 0. The van der Waals surface area contributed by atoms with E-state index in [2.05, 4.69) is 52.3 Å². The molecular weight excluding hydrogens is 540 g/mol. The molecule has 2 aromatic rings. The summed E-state index contributed by atoms with van der Waals surface area (Å²) in [5.74, 6) is -0.274. The van der Waals surface area contributed by atoms with Gasteiger partial charge in [0.05, 0.1) is 18.3 Å². The molecular formula is C34H50N4O3Si. The number of aromatic nitrogens is 3. The fraction of sp³-hybridized carbons (Fsp3) is 0.647. The summed E-state index contributed by atoms with van der Waals surface area (Å²) < 4.78 is 49.7. The molecule has 0 amide bonds. The van der Waals surface area contributed by atoms with Crippen LogP contribution in [0.3, 0.4) is 0 Å². The zero-order chi connectivity index (χ0) is 34.5. The predicted octanol–water partition coefficient (Wildman–Crippen LogP) is 7.93. The topological polar surface area (TPSA) is 90.0 Å². The van der Waals surface area contributed by atoms with Gasteiger partial charge in [0, 0.05) is 43.0 Å². The Kier molecular flexibility index (Phi) is 7.83. The van der Waals surface area contributed by atoms with Gasteiger partial charge in [0.1, 0.15) is 12.8 Å². The summed E-state index contributed by atoms with van der Waals surface area (Å²) in [7, 11) is -1.32. The molecule has 7 nitrogen and oxygen atoms in total. The van der Waals surface area contributed by atoms with Gasteiger partial charge in [0.2, 0.25) is 5.78 Å². The van der Waals surface area contributed by atoms with Crippen molar-refractivity contribution in [1.82, 2.24) is 14.5 Å². The molecule has 4 rings (SSSR count). The van der Waals surface area contributed by atoms with E-state index in [1.165, 1.54) is 6.20 Å². The van der Waals surface area contributed by atoms with Crippen molar-refractivity contribution < 1.29 is 19.8 Å². The number of ether oxygens (including phenoxy) is 2. The van der Waals surface area contributed by atoms with Gasteiger partial charge in [-0.2, -0.15) is 5.26 Å². The van der Waals surface area contributed by atoms with E-state index in [1.807, 2.05) is 32.0 Å². The summed E-state index contributed by atoms with van der Waals surface area (Å²) in [5, 5.41) is 9.54. The third kappa shape index (κ3) is 8.49. The number of nitrogens with zero attached hydrogens (tertiary/aromatic N) is 4. The fourth-order valence-corrected chi connectivity index (χ4v) is 6.57. The van der Waals surface area contributed by atoms with Crippen molar-refractivity contribution in [2.45, 2.75) is 130 Å². The lowest BCUT2D eigenvalue weighted by atomic mass is 9.76. The van der Waals surface area contributed by atoms with E-state index in [-0.39, 0.29) is 60.1 Å². The van der Waals surface area contributed by atoms with Crippen LogP contribution < -0.4 is 0 Å². The summed E-state index contributed by atoms with van der Waals surface area (Å²) in [5.41, 5.74) is 0.0919. The Bertz CT molecular complexity index is 1540. The van der Waals surface area contributed by atoms with E-state index in [0.29, 0.717) is 25.0 Å². The van der Waals surface area contributed by atoms with Gasteiger partial charge in [-0.05, 0) is 88.4 Å². The lowest BCUT2D eigenvalue weighted by molar-refractivity contribution is -0.162. The van der Waals surface area contributed by atoms with Crippen molar-refractivity contribution in [3.05, 3.63) is 52.9 Å². The van der Waals surface area contributed by atoms with Gasteiger partial charge in [-0.15, -0.1) is 0 Å². The summed E-state index contributed by atoms with van der Waals surface area (Å²) in [4.78, 5) is 23.2. The van der Waals surface area contributed by atoms with Gasteiger partial charge in [0.15, 0.2) is 11.5 Å². The molecule has 1 aliphatic carbocycles. The highest BCUT2D eigenvalue weighted by Gasteiger charge is 2.40. The molecule has 0 radical (unpaired) electrons. The number of hydrogen-bond donors (Lipinski definition) is 0. The quantitative estimate of drug-likeness (QED) is 0.158. The first-order chi connectivity index (χ1) is 21.0. The summed E-state index contributed by atoms with van der Waals surface area (Å²) in [6.45, 7) is 19.2. The minimum absolute atomic E-state index is 0.0140. The summed E-state index contributed by atoms with van der Waals surface area (Å²) in [6.07, 6.45) is -0.0768. The van der Waals surface area contributed by atoms with E-state index in [9.17, 15) is 10.1 Å². The zero-order valence-corrected chi connectivity index (χ0v) is 27.9. The number of rotatable bonds is 10. The van der Waals surface area contributed by atoms with Crippen molar-refractivity contribution in [3.8, 4) is 6.07 Å². The van der Waals surface area contributed by atoms with Crippen molar-refractivity contribution >= 4 is 19.4 Å². The highest BCUT2D eigenvalue weighted by Crippen LogP contribution is 2.44. The average Bonchev–Trinajstić information content (AvgIpc) is 3.31. The Morgan fingerprint density at radius 1 is 1.19 bits per heavy atom. The first kappa shape index (κ1) is 27.0. The minimum atomic E-state index is -1.94. The van der Waals surface area contributed by atoms with Crippen LogP contribution >= 0.6 is 0 Å². The molecule has 1 fully saturated rings. The Morgan fingerprint density at radius 3 is 2.52 bits per heavy atom. The first-order valence-electron chi connectivity index (χ1n) is 17.0. The fourth-order valence-electron chi connectivity index (χ4n) is 5.81. The number of pyridine rings is 1. The molecule has 0 bridgehead atoms. The molecule has 2 aromatic heterocycles. The molecule has 3 heterocycles. The molecule has 1 aliphatic heterocycles. The van der Waals surface area contributed by atoms with Gasteiger partial charge in [-0.3, -0.25) is 9.78 Å². The number of ketones is 1. The zero-order valence-electron chi connectivity index (χ0n) is 30.9. The molecule has 1 saturated heterocycles. The normalized spacial score (nSPS) is 24.7. The number of Topliss-reactive ketones (excluding diaryl/α,β-unsaturated/α-hetero) is 1. The van der Waals surface area contributed by atoms with Gasteiger partial charge >= 0.3 is 0 Å². The van der Waals surface area contributed by atoms with Crippen LogP contribution in [0.25, 0.3) is 5.57 Å². The third-order valence-electron chi connectivity index (χ3n) is 7.73. The number of carbonyl (C=O) groups excluding carboxylic acids is 1. The minimum Gasteiger partial charge on any atom is -0.370 e. The Labute approximate surface area is 259 Å². The van der Waals surface area contributed by atoms with Crippen molar-refractivity contribution in [2.24, 2.45) is 5.41 Å². The van der Waals surface area contributed by atoms with Crippen LogP contribution in [-0.2, 0) is 22.6 Å². The van der Waals surface area contributed by atoms with Crippen molar-refractivity contribution in [3.63, 3.8) is 0 Å². The molecule has 0 aromatic carbocycles. The first-order valence-corrected chi connectivity index (χ1v) is 18.7. The van der Waals surface area contributed by atoms with Crippen LogP contribution in [0.5, 0.6) is 0 Å². The smallest absolute Gasteiger partial charge is 0.202 e. The second kappa shape index (κ2) is 12.2. The maximum Gasteiger partial charge on any atom is 0.202 e. The lowest BCUT2D eigenvalue weighted by Crippen LogP contribution is -2.44. The molecule has 42 heavy (non-hydrogen) atoms. The number of hydrogen-bond acceptors (Lipinski definition) is 6. The number of allylic oxidation sites excluding steroid dienone is 2. The molecule has 2 aliphatic rings. The Morgan fingerprint density at radius 2 is 1.88 bits per heavy atom. The van der Waals surface area contributed by atoms with Crippen LogP contribution in [0, 0.1) is 16.7 Å². The van der Waals surface area contributed by atoms with Crippen LogP contribution in [-0.4, -0.2) is 46.2 Å². The average molecular weight is 595 g/mol. The monoisotopic (exact) mass is 594 g/mol. The third-order valence-corrected chi connectivity index (χ3v) is 9.43. The predicted molar refractivity (Wildman–Crippen MR) is 170 cm³/mol. The van der Waals surface area contributed by atoms with Gasteiger partial charge in [-0.25, -0.2) is 4.98 Å². The maximum absolute atomic E-state index is 13.9. The Balaban J connectivity index is 1.77. The second-order valence-electron chi connectivity index (χ2n) is 15.0. The second-order valence-corrected chi connectivity index (χ2v) is 20.6. The number of nitriles is 1. The molecule has 1 unspecified atom stereocenters. The van der Waals surface area contributed by atoms with E-state index >= 15 is 0 Å². The standard InChI is InChI=1S/C34H50N4O3Si/c1-32(2)14-12-24(13-15-32)30-25(10-11-28(37-30)26-19-33(3,4)41-34(5,6)20-26)18-29(39)31-36-27(21-35)22-38(31)23-40-16-17-42(7,8)9/h10-12,22,26H,13-20,23H2,1-9H3/i12D,13D2,14D. The molecule has 0 N–H and O–H groups in total. The number of imidazole rings is 1. The molecule has 0 spiro atoms. The highest BCUT2D eigenvalue weighted by atomic mass is 28.3. The van der Waals surface area contributed by atoms with Crippen LogP contribution in [0.2, 0.25) is 25.7 Å². The number of carbonyl (C=O) groups is 1. The largest absolute Gasteiger partial charge is 0.370 e. The van der Waals surface area contributed by atoms with Crippen LogP contribution in [0.4, 0.5) is 0 Å². The lowest BCUT2D eigenvalue weighted by Gasteiger charge is -2.45. The Hall–Kier alpha value is -2.60. The van der Waals surface area contributed by atoms with Crippen molar-refractivity contribution in [1.29, 1.82) is 5.26 Å². The maximum atomic E-state index is 13.9. The summed E-state index contributed by atoms with van der Waals surface area (Å²) in [6, 6.07) is 6.56. The van der Waals surface area contributed by atoms with E-state index in [4.69, 9.17) is 19.9 Å². The van der Waals surface area contributed by atoms with Crippen molar-refractivity contribution in [2.75, 3.05) is 6.61 Å². The van der Waals surface area contributed by atoms with Crippen LogP contribution in [0.15, 0.2) is 24.4 Å². The van der Waals surface area contributed by atoms with E-state index in [1.54, 1.807) is 4.57 Å². The SMILES string of the molecule is [2H]C1=C(c2nc(C3CC(C)(C)OC(C)(C)C3)ccc2CC(=O)c2nc(C#N)cn2COCC[Si](C)(C)C)C([2H])([2H])CC(C)(C)C1[2H]. The van der Waals surface area contributed by atoms with Gasteiger partial charge < -0.3 is 14.0 Å². The molecule has 1 atom stereocenters. The van der Waals surface area contributed by atoms with Gasteiger partial charge in [-0.1, -0.05) is 45.6 Å². The van der Waals surface area contributed by atoms with Crippen LogP contribution in [0.1, 0.15) is 118 Å². The highest BCUT2D eigenvalue weighted by molar-refractivity contribution is 6.76. The van der Waals surface area contributed by atoms with Gasteiger partial charge in [0.25, 0.3) is 0 Å².